The van der Waals surface area contributed by atoms with Gasteiger partial charge >= 0.3 is 5.69 Å². The number of hydrogen-bond acceptors (Lipinski definition) is 5. The van der Waals surface area contributed by atoms with Gasteiger partial charge in [-0.2, -0.15) is 5.10 Å². The molecule has 0 radical (unpaired) electrons. The van der Waals surface area contributed by atoms with Crippen LogP contribution in [0.15, 0.2) is 24.3 Å². The summed E-state index contributed by atoms with van der Waals surface area (Å²) < 4.78 is 1.31. The molecule has 2 amide bonds. The van der Waals surface area contributed by atoms with Crippen LogP contribution in [0.1, 0.15) is 24.2 Å². The van der Waals surface area contributed by atoms with Gasteiger partial charge in [0.2, 0.25) is 11.8 Å². The van der Waals surface area contributed by atoms with E-state index in [-0.39, 0.29) is 29.7 Å². The van der Waals surface area contributed by atoms with Crippen molar-refractivity contribution in [3.8, 4) is 0 Å². The lowest BCUT2D eigenvalue weighted by Crippen LogP contribution is -2.26. The van der Waals surface area contributed by atoms with Crippen LogP contribution in [-0.2, 0) is 16.1 Å². The molecule has 2 aromatic rings. The minimum Gasteiger partial charge on any atom is -0.323 e. The lowest BCUT2D eigenvalue weighted by molar-refractivity contribution is -0.386. The molecule has 9 heteroatoms. The van der Waals surface area contributed by atoms with Gasteiger partial charge in [0.05, 0.1) is 16.3 Å². The van der Waals surface area contributed by atoms with Crippen LogP contribution in [0, 0.1) is 24.0 Å². The van der Waals surface area contributed by atoms with Gasteiger partial charge in [0, 0.05) is 13.0 Å². The highest BCUT2D eigenvalue weighted by molar-refractivity contribution is 6.02. The third-order valence-electron chi connectivity index (χ3n) is 4.36. The zero-order chi connectivity index (χ0) is 18.8. The van der Waals surface area contributed by atoms with Crippen LogP contribution in [0.3, 0.4) is 0 Å². The second kappa shape index (κ2) is 6.95. The van der Waals surface area contributed by atoms with Crippen LogP contribution >= 0.6 is 0 Å². The summed E-state index contributed by atoms with van der Waals surface area (Å²) in [4.78, 5) is 36.6. The molecule has 3 rings (SSSR count). The molecule has 1 saturated heterocycles. The lowest BCUT2D eigenvalue weighted by Gasteiger charge is -2.20. The Bertz CT molecular complexity index is 889. The fourth-order valence-electron chi connectivity index (χ4n) is 3.15. The van der Waals surface area contributed by atoms with Crippen molar-refractivity contribution in [2.75, 3.05) is 16.8 Å². The molecule has 0 saturated carbocycles. The first-order valence-electron chi connectivity index (χ1n) is 8.26. The summed E-state index contributed by atoms with van der Waals surface area (Å²) in [5.74, 6) is -0.342. The highest BCUT2D eigenvalue weighted by atomic mass is 16.6. The van der Waals surface area contributed by atoms with Gasteiger partial charge in [-0.1, -0.05) is 12.1 Å². The molecular formula is C17H19N5O4. The number of amides is 2. The van der Waals surface area contributed by atoms with Crippen molar-refractivity contribution >= 4 is 28.9 Å². The zero-order valence-electron chi connectivity index (χ0n) is 14.6. The van der Waals surface area contributed by atoms with E-state index in [2.05, 4.69) is 10.4 Å². The van der Waals surface area contributed by atoms with E-state index in [0.29, 0.717) is 30.0 Å². The Morgan fingerprint density at radius 3 is 2.69 bits per heavy atom. The van der Waals surface area contributed by atoms with Crippen LogP contribution in [-0.4, -0.2) is 33.1 Å². The monoisotopic (exact) mass is 357 g/mol. The third-order valence-corrected chi connectivity index (χ3v) is 4.36. The van der Waals surface area contributed by atoms with E-state index in [9.17, 15) is 19.7 Å². The molecule has 1 aromatic carbocycles. The number of anilines is 2. The summed E-state index contributed by atoms with van der Waals surface area (Å²) in [5, 5.41) is 17.9. The Labute approximate surface area is 149 Å². The topological polar surface area (TPSA) is 110 Å². The predicted octanol–water partition coefficient (Wildman–Crippen LogP) is 2.17. The SMILES string of the molecule is Cc1nn(CC(=O)Nc2ccccc2N2CCCC2=O)c(C)c1[N+](=O)[O-]. The van der Waals surface area contributed by atoms with Crippen molar-refractivity contribution in [3.05, 3.63) is 45.8 Å². The highest BCUT2D eigenvalue weighted by Crippen LogP contribution is 2.29. The molecule has 0 unspecified atom stereocenters. The normalized spacial score (nSPS) is 13.9. The summed E-state index contributed by atoms with van der Waals surface area (Å²) in [7, 11) is 0. The number of rotatable bonds is 5. The van der Waals surface area contributed by atoms with Gasteiger partial charge in [0.1, 0.15) is 17.9 Å². The molecule has 1 aliphatic heterocycles. The summed E-state index contributed by atoms with van der Waals surface area (Å²) in [6, 6.07) is 7.09. The van der Waals surface area contributed by atoms with E-state index in [1.54, 1.807) is 36.1 Å². The number of carbonyl (C=O) groups excluding carboxylic acids is 2. The smallest absolute Gasteiger partial charge is 0.312 e. The van der Waals surface area contributed by atoms with E-state index in [0.717, 1.165) is 6.42 Å². The second-order valence-corrected chi connectivity index (χ2v) is 6.15. The molecule has 0 aliphatic carbocycles. The highest BCUT2D eigenvalue weighted by Gasteiger charge is 2.25. The number of benzene rings is 1. The Morgan fingerprint density at radius 2 is 2.08 bits per heavy atom. The van der Waals surface area contributed by atoms with Crippen molar-refractivity contribution in [2.24, 2.45) is 0 Å². The molecular weight excluding hydrogens is 338 g/mol. The number of hydrogen-bond donors (Lipinski definition) is 1. The van der Waals surface area contributed by atoms with E-state index in [1.807, 2.05) is 0 Å². The quantitative estimate of drug-likeness (QED) is 0.651. The Hall–Kier alpha value is -3.23. The maximum atomic E-state index is 12.4. The summed E-state index contributed by atoms with van der Waals surface area (Å²) in [6.07, 6.45) is 1.29. The number of nitro groups is 1. The van der Waals surface area contributed by atoms with Gasteiger partial charge in [-0.15, -0.1) is 0 Å². The van der Waals surface area contributed by atoms with Gasteiger partial charge in [-0.25, -0.2) is 0 Å². The summed E-state index contributed by atoms with van der Waals surface area (Å²) in [6.45, 7) is 3.56. The molecule has 1 aromatic heterocycles. The summed E-state index contributed by atoms with van der Waals surface area (Å²) in [5.41, 5.74) is 1.70. The Morgan fingerprint density at radius 1 is 1.35 bits per heavy atom. The molecule has 2 heterocycles. The number of nitrogens with zero attached hydrogens (tertiary/aromatic N) is 4. The molecule has 9 nitrogen and oxygen atoms in total. The largest absolute Gasteiger partial charge is 0.323 e. The van der Waals surface area contributed by atoms with Gasteiger partial charge in [-0.3, -0.25) is 24.4 Å². The molecule has 1 N–H and O–H groups in total. The fraction of sp³-hybridized carbons (Fsp3) is 0.353. The van der Waals surface area contributed by atoms with Crippen LogP contribution in [0.2, 0.25) is 0 Å². The predicted molar refractivity (Wildman–Crippen MR) is 95.0 cm³/mol. The van der Waals surface area contributed by atoms with Crippen LogP contribution in [0.5, 0.6) is 0 Å². The summed E-state index contributed by atoms with van der Waals surface area (Å²) >= 11 is 0. The minimum atomic E-state index is -0.500. The van der Waals surface area contributed by atoms with Crippen LogP contribution in [0.25, 0.3) is 0 Å². The van der Waals surface area contributed by atoms with Crippen molar-refractivity contribution in [1.29, 1.82) is 0 Å². The Balaban J connectivity index is 1.79. The van der Waals surface area contributed by atoms with Gasteiger partial charge < -0.3 is 10.2 Å². The standard InChI is InChI=1S/C17H19N5O4/c1-11-17(22(25)26)12(2)21(19-11)10-15(23)18-13-6-3-4-7-14(13)20-9-5-8-16(20)24/h3-4,6-7H,5,8-10H2,1-2H3,(H,18,23). The molecule has 1 fully saturated rings. The first kappa shape index (κ1) is 17.6. The van der Waals surface area contributed by atoms with E-state index in [1.165, 1.54) is 11.6 Å². The lowest BCUT2D eigenvalue weighted by atomic mass is 10.2. The minimum absolute atomic E-state index is 0.0286. The average molecular weight is 357 g/mol. The van der Waals surface area contributed by atoms with E-state index >= 15 is 0 Å². The molecule has 0 atom stereocenters. The Kier molecular flexibility index (Phi) is 4.70. The number of aryl methyl sites for hydroxylation is 1. The second-order valence-electron chi connectivity index (χ2n) is 6.15. The number of carbonyl (C=O) groups is 2. The van der Waals surface area contributed by atoms with Crippen LogP contribution < -0.4 is 10.2 Å². The van der Waals surface area contributed by atoms with Crippen molar-refractivity contribution in [1.82, 2.24) is 9.78 Å². The molecule has 0 bridgehead atoms. The number of para-hydroxylation sites is 2. The van der Waals surface area contributed by atoms with E-state index in [4.69, 9.17) is 0 Å². The number of aromatic nitrogens is 2. The van der Waals surface area contributed by atoms with Crippen molar-refractivity contribution in [3.63, 3.8) is 0 Å². The van der Waals surface area contributed by atoms with Gasteiger partial charge in [0.15, 0.2) is 0 Å². The first-order chi connectivity index (χ1) is 12.4. The van der Waals surface area contributed by atoms with Crippen molar-refractivity contribution < 1.29 is 14.5 Å². The maximum absolute atomic E-state index is 12.4. The first-order valence-corrected chi connectivity index (χ1v) is 8.26. The van der Waals surface area contributed by atoms with Crippen LogP contribution in [0.4, 0.5) is 17.1 Å². The molecule has 0 spiro atoms. The fourth-order valence-corrected chi connectivity index (χ4v) is 3.15. The zero-order valence-corrected chi connectivity index (χ0v) is 14.6. The van der Waals surface area contributed by atoms with Gasteiger partial charge in [-0.05, 0) is 32.4 Å². The third kappa shape index (κ3) is 3.28. The van der Waals surface area contributed by atoms with E-state index < -0.39 is 4.92 Å². The molecule has 136 valence electrons. The van der Waals surface area contributed by atoms with Gasteiger partial charge in [0.25, 0.3) is 0 Å². The maximum Gasteiger partial charge on any atom is 0.312 e. The molecule has 26 heavy (non-hydrogen) atoms. The number of nitrogens with one attached hydrogen (secondary N) is 1. The molecule has 1 aliphatic rings. The van der Waals surface area contributed by atoms with Crippen molar-refractivity contribution in [2.45, 2.75) is 33.2 Å². The average Bonchev–Trinajstić information content (AvgIpc) is 3.11.